The van der Waals surface area contributed by atoms with Crippen LogP contribution < -0.4 is 0 Å². The van der Waals surface area contributed by atoms with Gasteiger partial charge in [-0.05, 0) is 31.5 Å². The molecule has 1 N–H and O–H groups in total. The summed E-state index contributed by atoms with van der Waals surface area (Å²) in [6, 6.07) is 11.9. The summed E-state index contributed by atoms with van der Waals surface area (Å²) in [7, 11) is 0. The Morgan fingerprint density at radius 2 is 2.00 bits per heavy atom. The summed E-state index contributed by atoms with van der Waals surface area (Å²) in [6.07, 6.45) is 1.91. The second-order valence-electron chi connectivity index (χ2n) is 5.09. The van der Waals surface area contributed by atoms with Crippen LogP contribution in [0.1, 0.15) is 36.9 Å². The van der Waals surface area contributed by atoms with Crippen molar-refractivity contribution in [2.75, 3.05) is 0 Å². The third-order valence-corrected chi connectivity index (χ3v) is 3.73. The Labute approximate surface area is 124 Å². The van der Waals surface area contributed by atoms with Gasteiger partial charge in [-0.25, -0.2) is 0 Å². The molecule has 1 unspecified atom stereocenters. The van der Waals surface area contributed by atoms with Crippen LogP contribution in [0.25, 0.3) is 10.9 Å². The molecular weight excluding hydrogens is 262 g/mol. The van der Waals surface area contributed by atoms with E-state index < -0.39 is 6.10 Å². The quantitative estimate of drug-likeness (QED) is 0.799. The predicted molar refractivity (Wildman–Crippen MR) is 83.1 cm³/mol. The van der Waals surface area contributed by atoms with Crippen LogP contribution in [0.3, 0.4) is 0 Å². The van der Waals surface area contributed by atoms with E-state index in [2.05, 4.69) is 17.0 Å². The minimum Gasteiger partial charge on any atom is -0.382 e. The average Bonchev–Trinajstić information content (AvgIpc) is 2.97. The van der Waals surface area contributed by atoms with E-state index in [1.165, 1.54) is 0 Å². The Morgan fingerprint density at radius 1 is 1.19 bits per heavy atom. The molecule has 0 saturated carbocycles. The molecule has 0 amide bonds. The molecule has 0 radical (unpaired) electrons. The van der Waals surface area contributed by atoms with E-state index in [1.54, 1.807) is 6.20 Å². The van der Waals surface area contributed by atoms with Crippen LogP contribution in [0, 0.1) is 0 Å². The number of benzene rings is 1. The second kappa shape index (κ2) is 5.66. The van der Waals surface area contributed by atoms with Gasteiger partial charge in [-0.2, -0.15) is 5.10 Å². The number of fused-ring (bicyclic) bond motifs is 1. The number of aromatic nitrogens is 3. The van der Waals surface area contributed by atoms with Crippen LogP contribution in [0.2, 0.25) is 0 Å². The van der Waals surface area contributed by atoms with Gasteiger partial charge in [-0.1, -0.05) is 25.1 Å². The lowest BCUT2D eigenvalue weighted by molar-refractivity contribution is 0.208. The molecule has 3 aromatic rings. The van der Waals surface area contributed by atoms with Crippen molar-refractivity contribution in [3.63, 3.8) is 0 Å². The lowest BCUT2D eigenvalue weighted by Gasteiger charge is -2.13. The molecule has 0 aliphatic heterocycles. The molecule has 4 heteroatoms. The topological polar surface area (TPSA) is 50.9 Å². The predicted octanol–water partition coefficient (Wildman–Crippen LogP) is 3.10. The normalized spacial score (nSPS) is 12.7. The Bertz CT molecular complexity index is 764. The first-order chi connectivity index (χ1) is 10.2. The molecule has 0 aliphatic carbocycles. The summed E-state index contributed by atoms with van der Waals surface area (Å²) in [5, 5.41) is 16.2. The summed E-state index contributed by atoms with van der Waals surface area (Å²) in [6.45, 7) is 4.84. The van der Waals surface area contributed by atoms with Gasteiger partial charge in [0.15, 0.2) is 0 Å². The van der Waals surface area contributed by atoms with Crippen molar-refractivity contribution in [2.24, 2.45) is 0 Å². The van der Waals surface area contributed by atoms with E-state index in [0.29, 0.717) is 0 Å². The zero-order valence-electron chi connectivity index (χ0n) is 12.3. The van der Waals surface area contributed by atoms with Crippen molar-refractivity contribution < 1.29 is 5.11 Å². The number of pyridine rings is 1. The van der Waals surface area contributed by atoms with Crippen molar-refractivity contribution in [1.29, 1.82) is 0 Å². The first-order valence-corrected chi connectivity index (χ1v) is 7.32. The Hall–Kier alpha value is -2.20. The standard InChI is InChI=1S/C17H19N3O/c1-3-14-10-16(20(4-2)19-14)17(21)13-9-12-7-5-6-8-15(12)18-11-13/h5-11,17,21H,3-4H2,1-2H3. The van der Waals surface area contributed by atoms with E-state index in [9.17, 15) is 5.11 Å². The van der Waals surface area contributed by atoms with Gasteiger partial charge < -0.3 is 5.11 Å². The minimum absolute atomic E-state index is 0.699. The van der Waals surface area contributed by atoms with Gasteiger partial charge in [-0.15, -0.1) is 0 Å². The van der Waals surface area contributed by atoms with E-state index in [-0.39, 0.29) is 0 Å². The van der Waals surface area contributed by atoms with E-state index in [0.717, 1.165) is 40.8 Å². The largest absolute Gasteiger partial charge is 0.382 e. The first-order valence-electron chi connectivity index (χ1n) is 7.32. The fraction of sp³-hybridized carbons (Fsp3) is 0.294. The molecule has 21 heavy (non-hydrogen) atoms. The maximum Gasteiger partial charge on any atom is 0.122 e. The van der Waals surface area contributed by atoms with Crippen LogP contribution >= 0.6 is 0 Å². The molecule has 1 atom stereocenters. The Balaban J connectivity index is 2.03. The Kier molecular flexibility index (Phi) is 3.71. The van der Waals surface area contributed by atoms with E-state index in [1.807, 2.05) is 48.0 Å². The maximum absolute atomic E-state index is 10.7. The zero-order chi connectivity index (χ0) is 14.8. The molecule has 108 valence electrons. The van der Waals surface area contributed by atoms with Crippen molar-refractivity contribution in [2.45, 2.75) is 32.9 Å². The number of rotatable bonds is 4. The lowest BCUT2D eigenvalue weighted by Crippen LogP contribution is -2.09. The van der Waals surface area contributed by atoms with Gasteiger partial charge in [0.1, 0.15) is 6.10 Å². The van der Waals surface area contributed by atoms with Gasteiger partial charge in [0.2, 0.25) is 0 Å². The summed E-state index contributed by atoms with van der Waals surface area (Å²) >= 11 is 0. The maximum atomic E-state index is 10.7. The number of hydrogen-bond donors (Lipinski definition) is 1. The monoisotopic (exact) mass is 281 g/mol. The number of aryl methyl sites for hydroxylation is 2. The van der Waals surface area contributed by atoms with Crippen LogP contribution in [0.15, 0.2) is 42.6 Å². The number of aliphatic hydroxyl groups is 1. The number of nitrogens with zero attached hydrogens (tertiary/aromatic N) is 3. The van der Waals surface area contributed by atoms with Gasteiger partial charge in [0.25, 0.3) is 0 Å². The highest BCUT2D eigenvalue weighted by Gasteiger charge is 2.17. The molecule has 2 heterocycles. The smallest absolute Gasteiger partial charge is 0.122 e. The van der Waals surface area contributed by atoms with Crippen molar-refractivity contribution >= 4 is 10.9 Å². The van der Waals surface area contributed by atoms with Crippen molar-refractivity contribution in [1.82, 2.24) is 14.8 Å². The summed E-state index contributed by atoms with van der Waals surface area (Å²) in [5.41, 5.74) is 3.56. The number of para-hydroxylation sites is 1. The van der Waals surface area contributed by atoms with Crippen molar-refractivity contribution in [3.8, 4) is 0 Å². The zero-order valence-corrected chi connectivity index (χ0v) is 12.3. The fourth-order valence-electron chi connectivity index (χ4n) is 2.54. The molecule has 3 rings (SSSR count). The third kappa shape index (κ3) is 2.54. The minimum atomic E-state index is -0.699. The van der Waals surface area contributed by atoms with Gasteiger partial charge in [0, 0.05) is 23.7 Å². The highest BCUT2D eigenvalue weighted by molar-refractivity contribution is 5.78. The molecule has 0 saturated heterocycles. The molecule has 0 fully saturated rings. The van der Waals surface area contributed by atoms with E-state index >= 15 is 0 Å². The third-order valence-electron chi connectivity index (χ3n) is 3.73. The van der Waals surface area contributed by atoms with Gasteiger partial charge in [0.05, 0.1) is 16.9 Å². The highest BCUT2D eigenvalue weighted by Crippen LogP contribution is 2.25. The number of hydrogen-bond acceptors (Lipinski definition) is 3. The molecule has 1 aromatic carbocycles. The van der Waals surface area contributed by atoms with Crippen LogP contribution in [0.5, 0.6) is 0 Å². The summed E-state index contributed by atoms with van der Waals surface area (Å²) < 4.78 is 1.86. The van der Waals surface area contributed by atoms with Crippen LogP contribution in [-0.4, -0.2) is 19.9 Å². The fourth-order valence-corrected chi connectivity index (χ4v) is 2.54. The summed E-state index contributed by atoms with van der Waals surface area (Å²) in [5.74, 6) is 0. The average molecular weight is 281 g/mol. The molecule has 0 bridgehead atoms. The molecule has 2 aromatic heterocycles. The Morgan fingerprint density at radius 3 is 2.76 bits per heavy atom. The summed E-state index contributed by atoms with van der Waals surface area (Å²) in [4.78, 5) is 4.42. The molecular formula is C17H19N3O. The second-order valence-corrected chi connectivity index (χ2v) is 5.09. The van der Waals surface area contributed by atoms with Crippen LogP contribution in [0.4, 0.5) is 0 Å². The van der Waals surface area contributed by atoms with Gasteiger partial charge >= 0.3 is 0 Å². The molecule has 0 aliphatic rings. The SMILES string of the molecule is CCc1cc(C(O)c2cnc3ccccc3c2)n(CC)n1. The molecule has 0 spiro atoms. The molecule has 4 nitrogen and oxygen atoms in total. The lowest BCUT2D eigenvalue weighted by atomic mass is 10.1. The highest BCUT2D eigenvalue weighted by atomic mass is 16.3. The van der Waals surface area contributed by atoms with E-state index in [4.69, 9.17) is 0 Å². The number of aliphatic hydroxyl groups excluding tert-OH is 1. The first kappa shape index (κ1) is 13.8. The van der Waals surface area contributed by atoms with Crippen molar-refractivity contribution in [3.05, 3.63) is 59.5 Å². The van der Waals surface area contributed by atoms with Gasteiger partial charge in [-0.3, -0.25) is 9.67 Å². The van der Waals surface area contributed by atoms with Crippen LogP contribution in [-0.2, 0) is 13.0 Å².